The minimum atomic E-state index is -4.69. The van der Waals surface area contributed by atoms with E-state index in [0.717, 1.165) is 103 Å². The maximum Gasteiger partial charge on any atom is 0.422 e. The summed E-state index contributed by atoms with van der Waals surface area (Å²) < 4.78 is 120. The molecular formula is C68H120F3NO23. The van der Waals surface area contributed by atoms with Gasteiger partial charge in [-0.15, -0.1) is 6.58 Å². The molecule has 1 aliphatic carbocycles. The molecule has 0 aromatic carbocycles. The van der Waals surface area contributed by atoms with Gasteiger partial charge in [0, 0.05) is 90.9 Å². The Hall–Kier alpha value is -5.40. The molecule has 27 heteroatoms. The van der Waals surface area contributed by atoms with Crippen molar-refractivity contribution in [2.24, 2.45) is 16.7 Å². The number of halogens is 3. The van der Waals surface area contributed by atoms with E-state index in [1.165, 1.54) is 65.4 Å². The van der Waals surface area contributed by atoms with Gasteiger partial charge in [-0.05, 0) is 80.1 Å². The summed E-state index contributed by atoms with van der Waals surface area (Å²) in [4.78, 5) is 52.0. The van der Waals surface area contributed by atoms with Crippen LogP contribution in [0.25, 0.3) is 0 Å². The Labute approximate surface area is 565 Å². The third-order valence-electron chi connectivity index (χ3n) is 13.1. The number of esters is 3. The number of rotatable bonds is 18. The van der Waals surface area contributed by atoms with Gasteiger partial charge in [0.05, 0.1) is 157 Å². The lowest BCUT2D eigenvalue weighted by molar-refractivity contribution is -0.148. The monoisotopic (exact) mass is 1380 g/mol. The predicted octanol–water partition coefficient (Wildman–Crippen LogP) is 9.63. The van der Waals surface area contributed by atoms with Crippen molar-refractivity contribution in [1.82, 2.24) is 4.90 Å². The fourth-order valence-electron chi connectivity index (χ4n) is 6.45. The summed E-state index contributed by atoms with van der Waals surface area (Å²) in [5, 5.41) is 0. The third kappa shape index (κ3) is 58.5. The summed E-state index contributed by atoms with van der Waals surface area (Å²) in [5.74, 6) is -1.90. The minimum absolute atomic E-state index is 0.0781. The lowest BCUT2D eigenvalue weighted by atomic mass is 9.84. The molecule has 8 aliphatic heterocycles. The number of fused-ring (bicyclic) bond motifs is 1. The van der Waals surface area contributed by atoms with Gasteiger partial charge in [0.2, 0.25) is 0 Å². The average molecular weight is 1380 g/mol. The molecule has 7 unspecified atom stereocenters. The van der Waals surface area contributed by atoms with Gasteiger partial charge in [0.25, 0.3) is 11.8 Å². The number of methoxy groups -OCH3 is 11. The Bertz CT molecular complexity index is 2110. The first kappa shape index (κ1) is 98.3. The van der Waals surface area contributed by atoms with Crippen molar-refractivity contribution in [3.63, 3.8) is 0 Å². The topological polar surface area (TPSA) is 271 Å². The number of epoxide rings is 5. The SMILES string of the molecule is C/C=C/OC.C=C(C(=O)OC)C(F)(F)F.C=C(C)C(=O)OC.C=CC(=O)OC.C=CCOC.C=COC.CC1CO1.CC1OC1(C)C.CCC1(COC)COC1.CN1C(=O)C=CC1=O.COCC1(C)CO1.COCC1(C)COC1.COCC1CCC2OC2C1.COCC1CO1. The summed E-state index contributed by atoms with van der Waals surface area (Å²) >= 11 is 0. The second kappa shape index (κ2) is 57.6. The molecule has 8 heterocycles. The van der Waals surface area contributed by atoms with Crippen LogP contribution >= 0.6 is 0 Å². The molecule has 7 saturated heterocycles. The van der Waals surface area contributed by atoms with Crippen molar-refractivity contribution in [2.45, 2.75) is 136 Å². The quantitative estimate of drug-likeness (QED) is 0.0235. The fraction of sp³-hybridized carbons (Fsp3) is 0.721. The molecule has 0 spiro atoms. The number of ether oxygens (including phenoxy) is 18. The minimum Gasteiger partial charge on any atom is -0.505 e. The summed E-state index contributed by atoms with van der Waals surface area (Å²) in [7, 11) is 18.4. The highest BCUT2D eigenvalue weighted by molar-refractivity contribution is 6.12. The standard InChI is InChI=1S/C8H14O2.C7H14O2.C6H12O2.C5H5F3O2.C5H5NO2.C5H10O2.C5H8O2.C5H10O.C4H8O2.C4H6O2.2C4H8O.2C3H6O/c1-9-5-6-2-3-7-8(4-6)10-7;1-3-7(4-8-2)5-9-6-7;1-6(3-7-2)4-8-5-6;1-3(4(9)10-2)5(6,7)8;1-6-4(7)2-3-5(6)8;1-5(3-6-2)4-7-5;1-4(2)5(6)7-3;1-4-5(2,3)6-4;1-5-2-4-3-6-4;1-3-4(5)6-2;2*1-3-4-5-2;1-3-2-4-3;1-3-4-2/h6-8H,2-5H2,1H3;3-6H2,1-2H3;3-5H2,1-2H3;1H2,2H3;2-3H,1H3;3-4H2,1-2H3;1H2,2-3H3;4H,1-3H3;4H,2-3H2,1H3;3H,1H2,2H3;3-4H,1-2H3;3H,1,4H2,2H3;3H,2H2,1H3;3H,1H2,2H3/b;;;;;;;;;;4-3+;;;. The molecule has 0 aromatic rings. The van der Waals surface area contributed by atoms with Crippen LogP contribution in [-0.2, 0) is 109 Å². The number of carbonyl (C=O) groups excluding carboxylic acids is 5. The molecule has 0 aromatic heterocycles. The maximum absolute atomic E-state index is 11.5. The molecular weight excluding hydrogens is 1260 g/mol. The van der Waals surface area contributed by atoms with E-state index in [0.29, 0.717) is 53.5 Å². The molecule has 0 radical (unpaired) electrons. The lowest BCUT2D eigenvalue weighted by Gasteiger charge is -2.39. The molecule has 1 saturated carbocycles. The van der Waals surface area contributed by atoms with Crippen molar-refractivity contribution in [1.29, 1.82) is 0 Å². The number of likely N-dealkylation sites (N-methyl/N-ethyl adjacent to an activating group) is 1. The Morgan fingerprint density at radius 2 is 1.17 bits per heavy atom. The first-order chi connectivity index (χ1) is 44.6. The molecule has 8 fully saturated rings. The van der Waals surface area contributed by atoms with Crippen molar-refractivity contribution in [3.05, 3.63) is 86.9 Å². The van der Waals surface area contributed by atoms with Crippen LogP contribution in [0, 0.1) is 16.7 Å². The Morgan fingerprint density at radius 1 is 0.695 bits per heavy atom. The first-order valence-corrected chi connectivity index (χ1v) is 30.5. The van der Waals surface area contributed by atoms with Gasteiger partial charge in [-0.25, -0.2) is 14.4 Å². The van der Waals surface area contributed by atoms with Crippen LogP contribution < -0.4 is 0 Å². The van der Waals surface area contributed by atoms with Crippen LogP contribution in [0.3, 0.4) is 0 Å². The van der Waals surface area contributed by atoms with E-state index >= 15 is 0 Å². The normalized spacial score (nSPS) is 22.7. The Morgan fingerprint density at radius 3 is 1.31 bits per heavy atom. The van der Waals surface area contributed by atoms with Crippen molar-refractivity contribution in [3.8, 4) is 0 Å². The van der Waals surface area contributed by atoms with Gasteiger partial charge in [0.1, 0.15) is 17.3 Å². The molecule has 9 aliphatic rings. The van der Waals surface area contributed by atoms with Gasteiger partial charge >= 0.3 is 24.1 Å². The van der Waals surface area contributed by atoms with Crippen LogP contribution in [0.4, 0.5) is 13.2 Å². The highest BCUT2D eigenvalue weighted by Gasteiger charge is 2.44. The first-order valence-electron chi connectivity index (χ1n) is 30.5. The van der Waals surface area contributed by atoms with E-state index in [1.807, 2.05) is 19.9 Å². The van der Waals surface area contributed by atoms with E-state index < -0.39 is 23.7 Å². The summed E-state index contributed by atoms with van der Waals surface area (Å²) in [6, 6.07) is 0. The van der Waals surface area contributed by atoms with Crippen molar-refractivity contribution >= 4 is 29.7 Å². The molecule has 2 amide bonds. The van der Waals surface area contributed by atoms with Crippen molar-refractivity contribution < 1.29 is 122 Å². The predicted molar refractivity (Wildman–Crippen MR) is 356 cm³/mol. The summed E-state index contributed by atoms with van der Waals surface area (Å²) in [5.41, 5.74) is -0.0735. The Kier molecular flexibility index (Phi) is 59.6. The van der Waals surface area contributed by atoms with Crippen LogP contribution in [0.5, 0.6) is 0 Å². The zero-order chi connectivity index (χ0) is 74.3. The molecule has 24 nitrogen and oxygen atoms in total. The van der Waals surface area contributed by atoms with E-state index in [2.05, 4.69) is 103 Å². The van der Waals surface area contributed by atoms with Gasteiger partial charge < -0.3 is 85.3 Å². The van der Waals surface area contributed by atoms with Crippen LogP contribution in [0.1, 0.15) is 88.0 Å². The Balaban J connectivity index is -0.000000309. The highest BCUT2D eigenvalue weighted by atomic mass is 19.4. The molecule has 7 atom stereocenters. The number of imide groups is 1. The number of nitrogens with zero attached hydrogens (tertiary/aromatic N) is 1. The van der Waals surface area contributed by atoms with Crippen LogP contribution in [0.15, 0.2) is 86.9 Å². The summed E-state index contributed by atoms with van der Waals surface area (Å²) in [6.45, 7) is 44.9. The highest BCUT2D eigenvalue weighted by Crippen LogP contribution is 2.39. The zero-order valence-electron chi connectivity index (χ0n) is 61.0. The number of hydrogen-bond acceptors (Lipinski definition) is 23. The number of hydrogen-bond donors (Lipinski definition) is 0. The number of alkyl halides is 3. The molecule has 0 N–H and O–H groups in total. The average Bonchev–Trinajstić information content (AvgIpc) is 1.76. The van der Waals surface area contributed by atoms with Gasteiger partial charge in [-0.2, -0.15) is 13.2 Å². The second-order valence-corrected chi connectivity index (χ2v) is 22.8. The number of amides is 2. The zero-order valence-corrected chi connectivity index (χ0v) is 61.0. The largest absolute Gasteiger partial charge is 0.505 e. The summed E-state index contributed by atoms with van der Waals surface area (Å²) in [6.07, 6.45) is 13.2. The van der Waals surface area contributed by atoms with Crippen LogP contribution in [0.2, 0.25) is 0 Å². The third-order valence-corrected chi connectivity index (χ3v) is 13.1. The van der Waals surface area contributed by atoms with E-state index in [4.69, 9.17) is 56.8 Å². The fourth-order valence-corrected chi connectivity index (χ4v) is 6.45. The maximum atomic E-state index is 11.5. The lowest BCUT2D eigenvalue weighted by Crippen LogP contribution is -2.45. The van der Waals surface area contributed by atoms with E-state index in [1.54, 1.807) is 76.1 Å². The van der Waals surface area contributed by atoms with Crippen LogP contribution in [-0.4, -0.2) is 254 Å². The number of allylic oxidation sites excluding steroid dienone is 1. The molecule has 0 bridgehead atoms. The second-order valence-electron chi connectivity index (χ2n) is 22.8. The smallest absolute Gasteiger partial charge is 0.422 e. The van der Waals surface area contributed by atoms with Gasteiger partial charge in [-0.1, -0.05) is 52.3 Å². The molecule has 556 valence electrons. The van der Waals surface area contributed by atoms with Gasteiger partial charge in [-0.3, -0.25) is 14.5 Å². The number of carbonyl (C=O) groups is 5. The van der Waals surface area contributed by atoms with E-state index in [-0.39, 0.29) is 29.0 Å². The molecule has 95 heavy (non-hydrogen) atoms. The van der Waals surface area contributed by atoms with E-state index in [9.17, 15) is 37.1 Å². The van der Waals surface area contributed by atoms with Gasteiger partial charge in [0.15, 0.2) is 0 Å². The van der Waals surface area contributed by atoms with Crippen molar-refractivity contribution in [2.75, 3.05) is 171 Å². The molecule has 9 rings (SSSR count).